The van der Waals surface area contributed by atoms with Crippen LogP contribution in [0.5, 0.6) is 5.75 Å². The van der Waals surface area contributed by atoms with Crippen molar-refractivity contribution >= 4 is 11.6 Å². The van der Waals surface area contributed by atoms with Crippen molar-refractivity contribution in [2.75, 3.05) is 31.6 Å². The quantitative estimate of drug-likeness (QED) is 0.834. The van der Waals surface area contributed by atoms with Gasteiger partial charge < -0.3 is 20.7 Å². The number of carbonyl (C=O) groups is 1. The zero-order valence-electron chi connectivity index (χ0n) is 12.9. The fourth-order valence-corrected chi connectivity index (χ4v) is 2.63. The SMILES string of the molecule is CNC(C)(CCCN1CCCOc2ccccc21)C(N)=O. The van der Waals surface area contributed by atoms with Crippen LogP contribution in [0.25, 0.3) is 0 Å². The van der Waals surface area contributed by atoms with Crippen molar-refractivity contribution in [1.29, 1.82) is 0 Å². The molecule has 5 nitrogen and oxygen atoms in total. The van der Waals surface area contributed by atoms with Gasteiger partial charge in [0, 0.05) is 13.1 Å². The molecule has 0 fully saturated rings. The molecule has 5 heteroatoms. The average molecular weight is 291 g/mol. The molecule has 0 radical (unpaired) electrons. The van der Waals surface area contributed by atoms with Crippen LogP contribution in [-0.2, 0) is 4.79 Å². The molecule has 3 N–H and O–H groups in total. The first-order valence-electron chi connectivity index (χ1n) is 7.52. The number of ether oxygens (including phenoxy) is 1. The maximum absolute atomic E-state index is 11.5. The second-order valence-corrected chi connectivity index (χ2v) is 5.71. The fraction of sp³-hybridized carbons (Fsp3) is 0.562. The highest BCUT2D eigenvalue weighted by atomic mass is 16.5. The molecule has 1 unspecified atom stereocenters. The number of amides is 1. The number of carbonyl (C=O) groups excluding carboxylic acids is 1. The first kappa shape index (κ1) is 15.6. The van der Waals surface area contributed by atoms with Gasteiger partial charge in [-0.3, -0.25) is 4.79 Å². The lowest BCUT2D eigenvalue weighted by Gasteiger charge is -2.28. The van der Waals surface area contributed by atoms with Crippen molar-refractivity contribution in [3.63, 3.8) is 0 Å². The van der Waals surface area contributed by atoms with Gasteiger partial charge in [0.2, 0.25) is 5.91 Å². The van der Waals surface area contributed by atoms with Crippen LogP contribution in [-0.4, -0.2) is 38.2 Å². The maximum Gasteiger partial charge on any atom is 0.237 e. The number of hydrogen-bond donors (Lipinski definition) is 2. The van der Waals surface area contributed by atoms with Gasteiger partial charge in [-0.05, 0) is 45.4 Å². The van der Waals surface area contributed by atoms with E-state index in [9.17, 15) is 4.79 Å². The zero-order valence-corrected chi connectivity index (χ0v) is 12.9. The molecule has 1 aromatic carbocycles. The fourth-order valence-electron chi connectivity index (χ4n) is 2.63. The second kappa shape index (κ2) is 6.80. The van der Waals surface area contributed by atoms with Gasteiger partial charge in [0.15, 0.2) is 0 Å². The molecular formula is C16H25N3O2. The van der Waals surface area contributed by atoms with Crippen LogP contribution in [0.2, 0.25) is 0 Å². The lowest BCUT2D eigenvalue weighted by Crippen LogP contribution is -2.51. The molecule has 116 valence electrons. The van der Waals surface area contributed by atoms with E-state index in [0.29, 0.717) is 0 Å². The van der Waals surface area contributed by atoms with Crippen molar-refractivity contribution in [2.45, 2.75) is 31.7 Å². The number of nitrogens with two attached hydrogens (primary N) is 1. The number of likely N-dealkylation sites (N-methyl/N-ethyl adjacent to an activating group) is 1. The molecule has 1 aliphatic heterocycles. The Morgan fingerprint density at radius 3 is 2.95 bits per heavy atom. The normalized spacial score (nSPS) is 17.3. The molecule has 1 aromatic rings. The van der Waals surface area contributed by atoms with E-state index in [4.69, 9.17) is 10.5 Å². The number of nitrogens with one attached hydrogen (secondary N) is 1. The number of rotatable bonds is 6. The van der Waals surface area contributed by atoms with E-state index in [2.05, 4.69) is 16.3 Å². The van der Waals surface area contributed by atoms with Crippen LogP contribution in [0.1, 0.15) is 26.2 Å². The minimum absolute atomic E-state index is 0.301. The molecule has 0 aromatic heterocycles. The van der Waals surface area contributed by atoms with Crippen LogP contribution in [0, 0.1) is 0 Å². The number of primary amides is 1. The van der Waals surface area contributed by atoms with Gasteiger partial charge in [-0.15, -0.1) is 0 Å². The molecule has 0 bridgehead atoms. The molecule has 21 heavy (non-hydrogen) atoms. The van der Waals surface area contributed by atoms with Crippen LogP contribution in [0.4, 0.5) is 5.69 Å². The summed E-state index contributed by atoms with van der Waals surface area (Å²) in [5.41, 5.74) is 5.97. The van der Waals surface area contributed by atoms with Gasteiger partial charge in [-0.25, -0.2) is 0 Å². The summed E-state index contributed by atoms with van der Waals surface area (Å²) in [5, 5.41) is 3.03. The van der Waals surface area contributed by atoms with Gasteiger partial charge >= 0.3 is 0 Å². The standard InChI is InChI=1S/C16H25N3O2/c1-16(18-2,15(17)20)9-5-10-19-11-6-12-21-14-8-4-3-7-13(14)19/h3-4,7-8,18H,5-6,9-12H2,1-2H3,(H2,17,20). The molecule has 1 heterocycles. The van der Waals surface area contributed by atoms with Gasteiger partial charge in [0.1, 0.15) is 5.75 Å². The van der Waals surface area contributed by atoms with E-state index >= 15 is 0 Å². The minimum atomic E-state index is -0.637. The van der Waals surface area contributed by atoms with Gasteiger partial charge in [-0.2, -0.15) is 0 Å². The summed E-state index contributed by atoms with van der Waals surface area (Å²) in [4.78, 5) is 13.8. The number of fused-ring (bicyclic) bond motifs is 1. The van der Waals surface area contributed by atoms with E-state index in [-0.39, 0.29) is 5.91 Å². The third kappa shape index (κ3) is 3.67. The Hall–Kier alpha value is -1.75. The number of nitrogens with zero attached hydrogens (tertiary/aromatic N) is 1. The minimum Gasteiger partial charge on any atom is -0.491 e. The van der Waals surface area contributed by atoms with Crippen LogP contribution < -0.4 is 20.7 Å². The Kier molecular flexibility index (Phi) is 5.07. The smallest absolute Gasteiger partial charge is 0.237 e. The topological polar surface area (TPSA) is 67.6 Å². The highest BCUT2D eigenvalue weighted by molar-refractivity contribution is 5.84. The van der Waals surface area contributed by atoms with Crippen LogP contribution in [0.3, 0.4) is 0 Å². The predicted octanol–water partition coefficient (Wildman–Crippen LogP) is 1.52. The molecular weight excluding hydrogens is 266 g/mol. The van der Waals surface area contributed by atoms with E-state index in [0.717, 1.165) is 50.4 Å². The summed E-state index contributed by atoms with van der Waals surface area (Å²) in [7, 11) is 1.78. The maximum atomic E-state index is 11.5. The first-order chi connectivity index (χ1) is 10.1. The molecule has 1 aliphatic rings. The first-order valence-corrected chi connectivity index (χ1v) is 7.52. The van der Waals surface area contributed by atoms with Gasteiger partial charge in [-0.1, -0.05) is 12.1 Å². The molecule has 0 saturated heterocycles. The molecule has 1 atom stereocenters. The monoisotopic (exact) mass is 291 g/mol. The Labute approximate surface area is 126 Å². The summed E-state index contributed by atoms with van der Waals surface area (Å²) in [6.45, 7) is 4.48. The zero-order chi connectivity index (χ0) is 15.3. The second-order valence-electron chi connectivity index (χ2n) is 5.71. The highest BCUT2D eigenvalue weighted by Gasteiger charge is 2.28. The van der Waals surface area contributed by atoms with Crippen molar-refractivity contribution in [1.82, 2.24) is 5.32 Å². The molecule has 1 amide bonds. The number of benzene rings is 1. The van der Waals surface area contributed by atoms with E-state index < -0.39 is 5.54 Å². The molecule has 0 spiro atoms. The lowest BCUT2D eigenvalue weighted by atomic mass is 9.95. The number of hydrogen-bond acceptors (Lipinski definition) is 4. The van der Waals surface area contributed by atoms with Crippen molar-refractivity contribution in [2.24, 2.45) is 5.73 Å². The summed E-state index contributed by atoms with van der Waals surface area (Å²) < 4.78 is 5.76. The summed E-state index contributed by atoms with van der Waals surface area (Å²) in [6, 6.07) is 8.12. The van der Waals surface area contributed by atoms with E-state index in [1.165, 1.54) is 0 Å². The van der Waals surface area contributed by atoms with E-state index in [1.54, 1.807) is 7.05 Å². The third-order valence-corrected chi connectivity index (χ3v) is 4.24. The molecule has 0 aliphatic carbocycles. The van der Waals surface area contributed by atoms with Gasteiger partial charge in [0.25, 0.3) is 0 Å². The lowest BCUT2D eigenvalue weighted by molar-refractivity contribution is -0.123. The van der Waals surface area contributed by atoms with Crippen LogP contribution >= 0.6 is 0 Å². The molecule has 0 saturated carbocycles. The summed E-state index contributed by atoms with van der Waals surface area (Å²) >= 11 is 0. The third-order valence-electron chi connectivity index (χ3n) is 4.24. The largest absolute Gasteiger partial charge is 0.491 e. The van der Waals surface area contributed by atoms with Crippen molar-refractivity contribution in [3.05, 3.63) is 24.3 Å². The average Bonchev–Trinajstić information content (AvgIpc) is 2.69. The van der Waals surface area contributed by atoms with Crippen molar-refractivity contribution < 1.29 is 9.53 Å². The Bertz CT molecular complexity index is 492. The van der Waals surface area contributed by atoms with E-state index in [1.807, 2.05) is 25.1 Å². The molecule has 2 rings (SSSR count). The Balaban J connectivity index is 1.99. The summed E-state index contributed by atoms with van der Waals surface area (Å²) in [5.74, 6) is 0.644. The van der Waals surface area contributed by atoms with Crippen molar-refractivity contribution in [3.8, 4) is 5.75 Å². The Morgan fingerprint density at radius 1 is 1.48 bits per heavy atom. The Morgan fingerprint density at radius 2 is 2.24 bits per heavy atom. The highest BCUT2D eigenvalue weighted by Crippen LogP contribution is 2.30. The number of para-hydroxylation sites is 2. The summed E-state index contributed by atoms with van der Waals surface area (Å²) in [6.07, 6.45) is 2.63. The van der Waals surface area contributed by atoms with Gasteiger partial charge in [0.05, 0.1) is 17.8 Å². The number of anilines is 1. The predicted molar refractivity (Wildman–Crippen MR) is 84.7 cm³/mol. The van der Waals surface area contributed by atoms with Crippen LogP contribution in [0.15, 0.2) is 24.3 Å².